The van der Waals surface area contributed by atoms with E-state index < -0.39 is 5.97 Å². The number of nitrogens with one attached hydrogen (secondary N) is 1. The van der Waals surface area contributed by atoms with Gasteiger partial charge in [-0.3, -0.25) is 9.59 Å². The number of hydrogen-bond acceptors (Lipinski definition) is 3. The van der Waals surface area contributed by atoms with Crippen LogP contribution in [0.2, 0.25) is 0 Å². The second-order valence-corrected chi connectivity index (χ2v) is 7.48. The van der Waals surface area contributed by atoms with Gasteiger partial charge in [-0.05, 0) is 41.7 Å². The lowest BCUT2D eigenvalue weighted by atomic mass is 10.0. The molecule has 31 heavy (non-hydrogen) atoms. The van der Waals surface area contributed by atoms with Crippen molar-refractivity contribution in [3.05, 3.63) is 102 Å². The molecule has 1 unspecified atom stereocenters. The standard InChI is InChI=1S/C26H27NO4/c28-25(18-20-7-3-1-4-8-20)27-23(13-16-26(29)30)17-21-11-14-24(15-12-21)31-19-22-9-5-2-6-10-22/h1-12,14-15,23H,13,16-19H2,(H,27,28)(H,29,30). The molecule has 0 bridgehead atoms. The Morgan fingerprint density at radius 1 is 0.806 bits per heavy atom. The molecule has 0 aliphatic carbocycles. The van der Waals surface area contributed by atoms with Gasteiger partial charge in [0.15, 0.2) is 0 Å². The molecule has 1 amide bonds. The molecule has 0 aliphatic rings. The summed E-state index contributed by atoms with van der Waals surface area (Å²) in [6, 6.07) is 26.9. The Labute approximate surface area is 182 Å². The highest BCUT2D eigenvalue weighted by molar-refractivity contribution is 5.79. The number of carboxylic acid groups (broad SMARTS) is 1. The number of hydrogen-bond donors (Lipinski definition) is 2. The summed E-state index contributed by atoms with van der Waals surface area (Å²) in [6.45, 7) is 0.497. The molecule has 2 N–H and O–H groups in total. The molecule has 0 fully saturated rings. The summed E-state index contributed by atoms with van der Waals surface area (Å²) in [5.41, 5.74) is 3.04. The van der Waals surface area contributed by atoms with E-state index in [1.807, 2.05) is 84.9 Å². The molecule has 0 aliphatic heterocycles. The van der Waals surface area contributed by atoms with Gasteiger partial charge in [-0.2, -0.15) is 0 Å². The first-order valence-electron chi connectivity index (χ1n) is 10.4. The van der Waals surface area contributed by atoms with E-state index in [9.17, 15) is 9.59 Å². The minimum absolute atomic E-state index is 0.00849. The topological polar surface area (TPSA) is 75.6 Å². The van der Waals surface area contributed by atoms with Gasteiger partial charge in [0.1, 0.15) is 12.4 Å². The maximum absolute atomic E-state index is 12.5. The molecule has 0 saturated carbocycles. The van der Waals surface area contributed by atoms with Crippen molar-refractivity contribution in [3.8, 4) is 5.75 Å². The molecule has 3 rings (SSSR count). The summed E-state index contributed by atoms with van der Waals surface area (Å²) in [4.78, 5) is 23.5. The van der Waals surface area contributed by atoms with E-state index in [1.54, 1.807) is 0 Å². The van der Waals surface area contributed by atoms with Gasteiger partial charge in [-0.15, -0.1) is 0 Å². The Bertz CT molecular complexity index is 956. The average Bonchev–Trinajstić information content (AvgIpc) is 2.78. The summed E-state index contributed by atoms with van der Waals surface area (Å²) in [5.74, 6) is -0.209. The third-order valence-electron chi connectivity index (χ3n) is 4.93. The zero-order valence-electron chi connectivity index (χ0n) is 17.4. The molecule has 0 spiro atoms. The number of ether oxygens (including phenoxy) is 1. The second kappa shape index (κ2) is 11.6. The summed E-state index contributed by atoms with van der Waals surface area (Å²) >= 11 is 0. The van der Waals surface area contributed by atoms with Crippen LogP contribution in [0.15, 0.2) is 84.9 Å². The van der Waals surface area contributed by atoms with Crippen LogP contribution in [0.5, 0.6) is 5.75 Å². The third-order valence-corrected chi connectivity index (χ3v) is 4.93. The summed E-state index contributed by atoms with van der Waals surface area (Å²) < 4.78 is 5.81. The van der Waals surface area contributed by atoms with Crippen molar-refractivity contribution in [2.75, 3.05) is 0 Å². The van der Waals surface area contributed by atoms with Gasteiger partial charge in [-0.1, -0.05) is 72.8 Å². The molecule has 0 heterocycles. The largest absolute Gasteiger partial charge is 0.489 e. The highest BCUT2D eigenvalue weighted by Crippen LogP contribution is 2.16. The molecule has 5 heteroatoms. The van der Waals surface area contributed by atoms with Crippen molar-refractivity contribution >= 4 is 11.9 Å². The molecular weight excluding hydrogens is 390 g/mol. The molecule has 3 aromatic carbocycles. The maximum Gasteiger partial charge on any atom is 0.303 e. The number of benzene rings is 3. The lowest BCUT2D eigenvalue weighted by Gasteiger charge is -2.19. The van der Waals surface area contributed by atoms with Gasteiger partial charge in [0, 0.05) is 12.5 Å². The fourth-order valence-corrected chi connectivity index (χ4v) is 3.33. The van der Waals surface area contributed by atoms with E-state index in [1.165, 1.54) is 0 Å². The van der Waals surface area contributed by atoms with E-state index in [-0.39, 0.29) is 24.8 Å². The van der Waals surface area contributed by atoms with Crippen molar-refractivity contribution in [3.63, 3.8) is 0 Å². The second-order valence-electron chi connectivity index (χ2n) is 7.48. The van der Waals surface area contributed by atoms with Crippen LogP contribution in [0, 0.1) is 0 Å². The van der Waals surface area contributed by atoms with Crippen molar-refractivity contribution in [1.29, 1.82) is 0 Å². The van der Waals surface area contributed by atoms with Crippen molar-refractivity contribution in [2.24, 2.45) is 0 Å². The van der Waals surface area contributed by atoms with Gasteiger partial charge in [-0.25, -0.2) is 0 Å². The van der Waals surface area contributed by atoms with Crippen molar-refractivity contribution in [2.45, 2.75) is 38.3 Å². The number of carboxylic acids is 1. The van der Waals surface area contributed by atoms with Gasteiger partial charge in [0.05, 0.1) is 6.42 Å². The fourth-order valence-electron chi connectivity index (χ4n) is 3.33. The molecule has 160 valence electrons. The predicted octanol–water partition coefficient (Wildman–Crippen LogP) is 4.40. The van der Waals surface area contributed by atoms with Crippen LogP contribution in [-0.2, 0) is 29.0 Å². The summed E-state index contributed by atoms with van der Waals surface area (Å²) in [6.07, 6.45) is 1.22. The smallest absolute Gasteiger partial charge is 0.303 e. The SMILES string of the molecule is O=C(O)CCC(Cc1ccc(OCc2ccccc2)cc1)NC(=O)Cc1ccccc1. The Morgan fingerprint density at radius 3 is 2.03 bits per heavy atom. The van der Waals surface area contributed by atoms with Crippen LogP contribution in [-0.4, -0.2) is 23.0 Å². The molecule has 5 nitrogen and oxygen atoms in total. The van der Waals surface area contributed by atoms with Crippen molar-refractivity contribution < 1.29 is 19.4 Å². The van der Waals surface area contributed by atoms with Gasteiger partial charge < -0.3 is 15.2 Å². The average molecular weight is 418 g/mol. The molecule has 1 atom stereocenters. The molecule has 3 aromatic rings. The third kappa shape index (κ3) is 7.97. The molecule has 0 radical (unpaired) electrons. The van der Waals surface area contributed by atoms with E-state index in [2.05, 4.69) is 5.32 Å². The minimum Gasteiger partial charge on any atom is -0.489 e. The first-order valence-corrected chi connectivity index (χ1v) is 10.4. The van der Waals surface area contributed by atoms with E-state index in [4.69, 9.17) is 9.84 Å². The first kappa shape index (κ1) is 22.1. The van der Waals surface area contributed by atoms with Crippen LogP contribution < -0.4 is 10.1 Å². The summed E-state index contributed by atoms with van der Waals surface area (Å²) in [5, 5.41) is 12.1. The molecule has 0 saturated heterocycles. The van der Waals surface area contributed by atoms with Crippen molar-refractivity contribution in [1.82, 2.24) is 5.32 Å². The highest BCUT2D eigenvalue weighted by Gasteiger charge is 2.15. The number of rotatable bonds is 11. The van der Waals surface area contributed by atoms with E-state index in [0.29, 0.717) is 19.4 Å². The Kier molecular flexibility index (Phi) is 8.23. The van der Waals surface area contributed by atoms with E-state index in [0.717, 1.165) is 22.4 Å². The predicted molar refractivity (Wildman–Crippen MR) is 120 cm³/mol. The van der Waals surface area contributed by atoms with Crippen LogP contribution in [0.3, 0.4) is 0 Å². The highest BCUT2D eigenvalue weighted by atomic mass is 16.5. The normalized spacial score (nSPS) is 11.5. The van der Waals surface area contributed by atoms with Crippen LogP contribution in [0.1, 0.15) is 29.5 Å². The molecule has 0 aromatic heterocycles. The first-order chi connectivity index (χ1) is 15.1. The maximum atomic E-state index is 12.5. The zero-order valence-corrected chi connectivity index (χ0v) is 17.4. The monoisotopic (exact) mass is 417 g/mol. The minimum atomic E-state index is -0.869. The Hall–Kier alpha value is -3.60. The Morgan fingerprint density at radius 2 is 1.42 bits per heavy atom. The number of amides is 1. The Balaban J connectivity index is 1.56. The van der Waals surface area contributed by atoms with E-state index >= 15 is 0 Å². The lowest BCUT2D eigenvalue weighted by molar-refractivity contribution is -0.137. The quantitative estimate of drug-likeness (QED) is 0.485. The van der Waals surface area contributed by atoms with Gasteiger partial charge in [0.2, 0.25) is 5.91 Å². The zero-order chi connectivity index (χ0) is 21.9. The number of carbonyl (C=O) groups excluding carboxylic acids is 1. The number of carbonyl (C=O) groups is 2. The summed E-state index contributed by atoms with van der Waals surface area (Å²) in [7, 11) is 0. The van der Waals surface area contributed by atoms with Crippen LogP contribution in [0.25, 0.3) is 0 Å². The van der Waals surface area contributed by atoms with Gasteiger partial charge >= 0.3 is 5.97 Å². The van der Waals surface area contributed by atoms with Crippen LogP contribution >= 0.6 is 0 Å². The van der Waals surface area contributed by atoms with Crippen LogP contribution in [0.4, 0.5) is 0 Å². The van der Waals surface area contributed by atoms with Gasteiger partial charge in [0.25, 0.3) is 0 Å². The number of aliphatic carboxylic acids is 1. The fraction of sp³-hybridized carbons (Fsp3) is 0.231. The molecular formula is C26H27NO4. The lowest BCUT2D eigenvalue weighted by Crippen LogP contribution is -2.37.